The second-order valence-electron chi connectivity index (χ2n) is 4.59. The van der Waals surface area contributed by atoms with Gasteiger partial charge in [0, 0.05) is 25.5 Å². The van der Waals surface area contributed by atoms with Gasteiger partial charge in [-0.25, -0.2) is 4.98 Å². The van der Waals surface area contributed by atoms with Crippen molar-refractivity contribution in [2.45, 2.75) is 13.5 Å². The van der Waals surface area contributed by atoms with E-state index in [0.29, 0.717) is 16.8 Å². The van der Waals surface area contributed by atoms with E-state index in [0.717, 1.165) is 16.8 Å². The van der Waals surface area contributed by atoms with Gasteiger partial charge in [-0.2, -0.15) is 0 Å². The van der Waals surface area contributed by atoms with Crippen LogP contribution in [-0.2, 0) is 6.54 Å². The SMILES string of the molecule is Cc1ccccc1NC(=S)N(C)Cc1ccc(Cl)nc1. The molecule has 20 heavy (non-hydrogen) atoms. The molecular formula is C15H16ClN3S. The lowest BCUT2D eigenvalue weighted by atomic mass is 10.2. The van der Waals surface area contributed by atoms with E-state index in [9.17, 15) is 0 Å². The minimum absolute atomic E-state index is 0.497. The fraction of sp³-hybridized carbons (Fsp3) is 0.200. The van der Waals surface area contributed by atoms with Gasteiger partial charge < -0.3 is 10.2 Å². The van der Waals surface area contributed by atoms with Crippen LogP contribution >= 0.6 is 23.8 Å². The molecule has 0 saturated heterocycles. The van der Waals surface area contributed by atoms with Crippen molar-refractivity contribution in [3.63, 3.8) is 0 Å². The Labute approximate surface area is 129 Å². The molecule has 5 heteroatoms. The number of anilines is 1. The first-order chi connectivity index (χ1) is 9.56. The summed E-state index contributed by atoms with van der Waals surface area (Å²) in [5, 5.41) is 4.42. The molecule has 0 unspecified atom stereocenters. The minimum Gasteiger partial charge on any atom is -0.348 e. The van der Waals surface area contributed by atoms with Crippen LogP contribution in [-0.4, -0.2) is 22.0 Å². The van der Waals surface area contributed by atoms with Gasteiger partial charge in [0.15, 0.2) is 5.11 Å². The van der Waals surface area contributed by atoms with E-state index in [-0.39, 0.29) is 0 Å². The van der Waals surface area contributed by atoms with Gasteiger partial charge in [-0.15, -0.1) is 0 Å². The summed E-state index contributed by atoms with van der Waals surface area (Å²) in [5.74, 6) is 0. The Hall–Kier alpha value is -1.65. The van der Waals surface area contributed by atoms with Crippen LogP contribution in [0.25, 0.3) is 0 Å². The first kappa shape index (κ1) is 14.8. The zero-order valence-corrected chi connectivity index (χ0v) is 13.0. The van der Waals surface area contributed by atoms with E-state index in [1.54, 1.807) is 12.3 Å². The molecule has 0 aliphatic carbocycles. The summed E-state index contributed by atoms with van der Waals surface area (Å²) >= 11 is 11.2. The van der Waals surface area contributed by atoms with Gasteiger partial charge in [0.1, 0.15) is 5.15 Å². The number of hydrogen-bond donors (Lipinski definition) is 1. The number of aryl methyl sites for hydroxylation is 1. The number of para-hydroxylation sites is 1. The third-order valence-corrected chi connectivity index (χ3v) is 3.58. The highest BCUT2D eigenvalue weighted by Gasteiger charge is 2.07. The van der Waals surface area contributed by atoms with Gasteiger partial charge in [-0.3, -0.25) is 0 Å². The van der Waals surface area contributed by atoms with Gasteiger partial charge in [0.05, 0.1) is 0 Å². The van der Waals surface area contributed by atoms with E-state index in [1.807, 2.05) is 49.2 Å². The van der Waals surface area contributed by atoms with E-state index in [2.05, 4.69) is 10.3 Å². The molecule has 1 N–H and O–H groups in total. The van der Waals surface area contributed by atoms with Crippen molar-refractivity contribution in [3.05, 3.63) is 58.9 Å². The number of rotatable bonds is 3. The minimum atomic E-state index is 0.497. The van der Waals surface area contributed by atoms with Crippen LogP contribution in [0.3, 0.4) is 0 Å². The highest BCUT2D eigenvalue weighted by atomic mass is 35.5. The molecular weight excluding hydrogens is 290 g/mol. The highest BCUT2D eigenvalue weighted by Crippen LogP contribution is 2.14. The van der Waals surface area contributed by atoms with Crippen molar-refractivity contribution in [3.8, 4) is 0 Å². The van der Waals surface area contributed by atoms with Gasteiger partial charge in [0.25, 0.3) is 0 Å². The zero-order valence-electron chi connectivity index (χ0n) is 11.4. The molecule has 0 bridgehead atoms. The number of hydrogen-bond acceptors (Lipinski definition) is 2. The lowest BCUT2D eigenvalue weighted by Gasteiger charge is -2.21. The van der Waals surface area contributed by atoms with Crippen LogP contribution in [0, 0.1) is 6.92 Å². The Morgan fingerprint density at radius 3 is 2.70 bits per heavy atom. The van der Waals surface area contributed by atoms with Crippen LogP contribution < -0.4 is 5.32 Å². The van der Waals surface area contributed by atoms with Crippen molar-refractivity contribution in [2.75, 3.05) is 12.4 Å². The molecule has 2 aromatic rings. The van der Waals surface area contributed by atoms with Gasteiger partial charge in [0.2, 0.25) is 0 Å². The third kappa shape index (κ3) is 3.92. The normalized spacial score (nSPS) is 10.2. The van der Waals surface area contributed by atoms with E-state index in [1.165, 1.54) is 0 Å². The summed E-state index contributed by atoms with van der Waals surface area (Å²) in [5.41, 5.74) is 3.25. The number of pyridine rings is 1. The average Bonchev–Trinajstić information content (AvgIpc) is 2.44. The Morgan fingerprint density at radius 1 is 1.30 bits per heavy atom. The lowest BCUT2D eigenvalue weighted by Crippen LogP contribution is -2.30. The quantitative estimate of drug-likeness (QED) is 0.688. The Morgan fingerprint density at radius 2 is 2.05 bits per heavy atom. The van der Waals surface area contributed by atoms with E-state index in [4.69, 9.17) is 23.8 Å². The summed E-state index contributed by atoms with van der Waals surface area (Å²) < 4.78 is 0. The van der Waals surface area contributed by atoms with Gasteiger partial charge in [-0.1, -0.05) is 35.9 Å². The highest BCUT2D eigenvalue weighted by molar-refractivity contribution is 7.80. The fourth-order valence-electron chi connectivity index (χ4n) is 1.77. The standard InChI is InChI=1S/C15H16ClN3S/c1-11-5-3-4-6-13(11)18-15(20)19(2)10-12-7-8-14(16)17-9-12/h3-9H,10H2,1-2H3,(H,18,20). The second kappa shape index (κ2) is 6.68. The first-order valence-corrected chi connectivity index (χ1v) is 7.03. The zero-order chi connectivity index (χ0) is 14.5. The summed E-state index contributed by atoms with van der Waals surface area (Å²) in [6.45, 7) is 2.73. The third-order valence-electron chi connectivity index (χ3n) is 2.94. The number of thiocarbonyl (C=S) groups is 1. The summed E-state index contributed by atoms with van der Waals surface area (Å²) in [6.07, 6.45) is 1.76. The molecule has 104 valence electrons. The molecule has 3 nitrogen and oxygen atoms in total. The molecule has 0 spiro atoms. The summed E-state index contributed by atoms with van der Waals surface area (Å²) in [6, 6.07) is 11.8. The molecule has 0 aliphatic rings. The Bertz CT molecular complexity index is 598. The molecule has 0 fully saturated rings. The van der Waals surface area contributed by atoms with E-state index < -0.39 is 0 Å². The summed E-state index contributed by atoms with van der Waals surface area (Å²) in [4.78, 5) is 6.03. The maximum Gasteiger partial charge on any atom is 0.173 e. The fourth-order valence-corrected chi connectivity index (χ4v) is 2.06. The van der Waals surface area contributed by atoms with Crippen molar-refractivity contribution in [2.24, 2.45) is 0 Å². The van der Waals surface area contributed by atoms with Crippen LogP contribution in [0.4, 0.5) is 5.69 Å². The van der Waals surface area contributed by atoms with Gasteiger partial charge in [-0.05, 0) is 42.4 Å². The van der Waals surface area contributed by atoms with Crippen LogP contribution in [0.15, 0.2) is 42.6 Å². The number of halogens is 1. The van der Waals surface area contributed by atoms with Crippen LogP contribution in [0.2, 0.25) is 5.15 Å². The Balaban J connectivity index is 1.99. The van der Waals surface area contributed by atoms with E-state index >= 15 is 0 Å². The van der Waals surface area contributed by atoms with Crippen molar-refractivity contribution >= 4 is 34.6 Å². The molecule has 0 atom stereocenters. The lowest BCUT2D eigenvalue weighted by molar-refractivity contribution is 0.507. The molecule has 1 heterocycles. The molecule has 0 radical (unpaired) electrons. The van der Waals surface area contributed by atoms with Crippen LogP contribution in [0.5, 0.6) is 0 Å². The smallest absolute Gasteiger partial charge is 0.173 e. The maximum absolute atomic E-state index is 5.77. The van der Waals surface area contributed by atoms with Crippen molar-refractivity contribution < 1.29 is 0 Å². The number of aromatic nitrogens is 1. The summed E-state index contributed by atoms with van der Waals surface area (Å²) in [7, 11) is 1.95. The predicted molar refractivity (Wildman–Crippen MR) is 88.1 cm³/mol. The van der Waals surface area contributed by atoms with Crippen LogP contribution in [0.1, 0.15) is 11.1 Å². The molecule has 0 aliphatic heterocycles. The molecule has 1 aromatic heterocycles. The first-order valence-electron chi connectivity index (χ1n) is 6.24. The largest absolute Gasteiger partial charge is 0.348 e. The molecule has 0 amide bonds. The van der Waals surface area contributed by atoms with Crippen molar-refractivity contribution in [1.29, 1.82) is 0 Å². The van der Waals surface area contributed by atoms with Gasteiger partial charge >= 0.3 is 0 Å². The maximum atomic E-state index is 5.77. The monoisotopic (exact) mass is 305 g/mol. The number of nitrogens with zero attached hydrogens (tertiary/aromatic N) is 2. The Kier molecular flexibility index (Phi) is 4.93. The average molecular weight is 306 g/mol. The number of nitrogens with one attached hydrogen (secondary N) is 1. The second-order valence-corrected chi connectivity index (χ2v) is 5.36. The number of benzene rings is 1. The molecule has 2 rings (SSSR count). The topological polar surface area (TPSA) is 28.2 Å². The molecule has 1 aromatic carbocycles. The van der Waals surface area contributed by atoms with Crippen molar-refractivity contribution in [1.82, 2.24) is 9.88 Å². The predicted octanol–water partition coefficient (Wildman–Crippen LogP) is 3.87. The molecule has 0 saturated carbocycles.